The molecule has 0 fully saturated rings. The molecule has 2 rings (SSSR count). The van der Waals surface area contributed by atoms with Crippen LogP contribution in [0.5, 0.6) is 0 Å². The molecule has 23 heavy (non-hydrogen) atoms. The van der Waals surface area contributed by atoms with Crippen LogP contribution in [0, 0.1) is 0 Å². The van der Waals surface area contributed by atoms with Gasteiger partial charge in [-0.1, -0.05) is 12.1 Å². The lowest BCUT2D eigenvalue weighted by atomic mass is 10.1. The van der Waals surface area contributed by atoms with Crippen molar-refractivity contribution in [1.29, 1.82) is 0 Å². The summed E-state index contributed by atoms with van der Waals surface area (Å²) in [5.41, 5.74) is 2.17. The number of halogens is 3. The minimum absolute atomic E-state index is 0.0553. The normalized spacial score (nSPS) is 15.0. The van der Waals surface area contributed by atoms with Gasteiger partial charge in [-0.3, -0.25) is 9.69 Å². The Kier molecular flexibility index (Phi) is 5.64. The standard InChI is InChI=1S/C16H21F3N2O2/c1-11(2)23-7-6-15(22)20-14-5-3-4-12-8-21(9-13(12)14)10-16(17,18)19/h3-5,11H,6-10H2,1-2H3,(H,20,22). The molecule has 0 aliphatic carbocycles. The van der Waals surface area contributed by atoms with Gasteiger partial charge < -0.3 is 10.1 Å². The highest BCUT2D eigenvalue weighted by atomic mass is 19.4. The number of anilines is 1. The average Bonchev–Trinajstić information content (AvgIpc) is 2.79. The number of carbonyl (C=O) groups excluding carboxylic acids is 1. The molecule has 0 spiro atoms. The Morgan fingerprint density at radius 2 is 2.09 bits per heavy atom. The van der Waals surface area contributed by atoms with E-state index in [0.29, 0.717) is 12.3 Å². The van der Waals surface area contributed by atoms with Gasteiger partial charge in [-0.05, 0) is 31.0 Å². The molecule has 128 valence electrons. The van der Waals surface area contributed by atoms with Gasteiger partial charge in [-0.2, -0.15) is 13.2 Å². The van der Waals surface area contributed by atoms with E-state index in [-0.39, 0.29) is 31.5 Å². The van der Waals surface area contributed by atoms with Crippen LogP contribution in [0.25, 0.3) is 0 Å². The maximum atomic E-state index is 12.5. The smallest absolute Gasteiger partial charge is 0.378 e. The molecular weight excluding hydrogens is 309 g/mol. The van der Waals surface area contributed by atoms with E-state index < -0.39 is 12.7 Å². The van der Waals surface area contributed by atoms with Crippen molar-refractivity contribution in [1.82, 2.24) is 4.90 Å². The Morgan fingerprint density at radius 3 is 2.74 bits per heavy atom. The van der Waals surface area contributed by atoms with Gasteiger partial charge in [0.2, 0.25) is 5.91 Å². The number of fused-ring (bicyclic) bond motifs is 1. The Labute approximate surface area is 133 Å². The molecule has 1 heterocycles. The van der Waals surface area contributed by atoms with E-state index in [4.69, 9.17) is 4.74 Å². The molecule has 0 saturated heterocycles. The number of benzene rings is 1. The van der Waals surface area contributed by atoms with Crippen LogP contribution in [0.2, 0.25) is 0 Å². The molecule has 0 bridgehead atoms. The SMILES string of the molecule is CC(C)OCCC(=O)Nc1cccc2c1CN(CC(F)(F)F)C2. The molecule has 0 unspecified atom stereocenters. The fourth-order valence-electron chi connectivity index (χ4n) is 2.57. The predicted molar refractivity (Wildman–Crippen MR) is 80.9 cm³/mol. The maximum Gasteiger partial charge on any atom is 0.401 e. The lowest BCUT2D eigenvalue weighted by molar-refractivity contribution is -0.147. The molecule has 4 nitrogen and oxygen atoms in total. The van der Waals surface area contributed by atoms with Crippen molar-refractivity contribution in [3.8, 4) is 0 Å². The van der Waals surface area contributed by atoms with Gasteiger partial charge in [0.25, 0.3) is 0 Å². The first-order chi connectivity index (χ1) is 10.7. The number of alkyl halides is 3. The third kappa shape index (κ3) is 5.51. The molecule has 0 saturated carbocycles. The number of hydrogen-bond donors (Lipinski definition) is 1. The zero-order valence-corrected chi connectivity index (χ0v) is 13.2. The van der Waals surface area contributed by atoms with Gasteiger partial charge in [-0.15, -0.1) is 0 Å². The largest absolute Gasteiger partial charge is 0.401 e. The second-order valence-electron chi connectivity index (χ2n) is 5.92. The molecular formula is C16H21F3N2O2. The Bertz CT molecular complexity index is 559. The van der Waals surface area contributed by atoms with Crippen molar-refractivity contribution in [2.45, 2.75) is 45.6 Å². The summed E-state index contributed by atoms with van der Waals surface area (Å²) in [6.07, 6.45) is -3.95. The van der Waals surface area contributed by atoms with E-state index in [1.807, 2.05) is 13.8 Å². The van der Waals surface area contributed by atoms with Crippen molar-refractivity contribution in [3.05, 3.63) is 29.3 Å². The molecule has 0 atom stereocenters. The van der Waals surface area contributed by atoms with Crippen LogP contribution < -0.4 is 5.32 Å². The van der Waals surface area contributed by atoms with E-state index in [1.165, 1.54) is 4.90 Å². The summed E-state index contributed by atoms with van der Waals surface area (Å²) < 4.78 is 42.9. The van der Waals surface area contributed by atoms with Crippen LogP contribution >= 0.6 is 0 Å². The lowest BCUT2D eigenvalue weighted by Crippen LogP contribution is -2.30. The summed E-state index contributed by atoms with van der Waals surface area (Å²) in [6.45, 7) is 3.58. The minimum Gasteiger partial charge on any atom is -0.378 e. The molecule has 1 aromatic carbocycles. The second-order valence-corrected chi connectivity index (χ2v) is 5.92. The summed E-state index contributed by atoms with van der Waals surface area (Å²) in [5.74, 6) is -0.201. The lowest BCUT2D eigenvalue weighted by Gasteiger charge is -2.17. The topological polar surface area (TPSA) is 41.6 Å². The molecule has 1 amide bonds. The predicted octanol–water partition coefficient (Wildman–Crippen LogP) is 3.32. The second kappa shape index (κ2) is 7.31. The fourth-order valence-corrected chi connectivity index (χ4v) is 2.57. The van der Waals surface area contributed by atoms with Crippen LogP contribution in [-0.4, -0.2) is 36.2 Å². The molecule has 1 aliphatic rings. The highest BCUT2D eigenvalue weighted by Gasteiger charge is 2.34. The average molecular weight is 330 g/mol. The van der Waals surface area contributed by atoms with Crippen LogP contribution in [0.15, 0.2) is 18.2 Å². The first-order valence-corrected chi connectivity index (χ1v) is 7.56. The van der Waals surface area contributed by atoms with E-state index in [1.54, 1.807) is 18.2 Å². The zero-order chi connectivity index (χ0) is 17.0. The number of ether oxygens (including phenoxy) is 1. The molecule has 1 N–H and O–H groups in total. The van der Waals surface area contributed by atoms with E-state index in [0.717, 1.165) is 11.1 Å². The van der Waals surface area contributed by atoms with E-state index in [9.17, 15) is 18.0 Å². The summed E-state index contributed by atoms with van der Waals surface area (Å²) in [5, 5.41) is 2.77. The summed E-state index contributed by atoms with van der Waals surface area (Å²) >= 11 is 0. The molecule has 1 aliphatic heterocycles. The molecule has 1 aromatic rings. The number of hydrogen-bond acceptors (Lipinski definition) is 3. The van der Waals surface area contributed by atoms with Gasteiger partial charge in [0.15, 0.2) is 0 Å². The first-order valence-electron chi connectivity index (χ1n) is 7.56. The third-order valence-corrected chi connectivity index (χ3v) is 3.51. The molecule has 0 aromatic heterocycles. The Hall–Kier alpha value is -1.60. The van der Waals surface area contributed by atoms with Crippen LogP contribution in [0.4, 0.5) is 18.9 Å². The van der Waals surface area contributed by atoms with E-state index in [2.05, 4.69) is 5.32 Å². The van der Waals surface area contributed by atoms with Gasteiger partial charge in [-0.25, -0.2) is 0 Å². The Balaban J connectivity index is 1.96. The van der Waals surface area contributed by atoms with Crippen molar-refractivity contribution >= 4 is 11.6 Å². The number of rotatable bonds is 6. The third-order valence-electron chi connectivity index (χ3n) is 3.51. The summed E-state index contributed by atoms with van der Waals surface area (Å²) in [7, 11) is 0. The molecule has 0 radical (unpaired) electrons. The van der Waals surface area contributed by atoms with Crippen molar-refractivity contribution in [2.75, 3.05) is 18.5 Å². The number of amides is 1. The van der Waals surface area contributed by atoms with Gasteiger partial charge in [0.05, 0.1) is 25.7 Å². The Morgan fingerprint density at radius 1 is 1.35 bits per heavy atom. The number of carbonyl (C=O) groups is 1. The molecule has 7 heteroatoms. The number of nitrogens with one attached hydrogen (secondary N) is 1. The van der Waals surface area contributed by atoms with E-state index >= 15 is 0 Å². The van der Waals surface area contributed by atoms with Crippen LogP contribution in [-0.2, 0) is 22.6 Å². The van der Waals surface area contributed by atoms with Crippen molar-refractivity contribution in [2.24, 2.45) is 0 Å². The zero-order valence-electron chi connectivity index (χ0n) is 13.2. The van der Waals surface area contributed by atoms with Crippen LogP contribution in [0.3, 0.4) is 0 Å². The first kappa shape index (κ1) is 17.7. The number of nitrogens with zero attached hydrogens (tertiary/aromatic N) is 1. The van der Waals surface area contributed by atoms with Crippen LogP contribution in [0.1, 0.15) is 31.4 Å². The van der Waals surface area contributed by atoms with Gasteiger partial charge >= 0.3 is 6.18 Å². The fraction of sp³-hybridized carbons (Fsp3) is 0.562. The highest BCUT2D eigenvalue weighted by molar-refractivity contribution is 5.91. The monoisotopic (exact) mass is 330 g/mol. The highest BCUT2D eigenvalue weighted by Crippen LogP contribution is 2.31. The summed E-state index contributed by atoms with van der Waals surface area (Å²) in [6, 6.07) is 5.26. The van der Waals surface area contributed by atoms with Crippen molar-refractivity contribution in [3.63, 3.8) is 0 Å². The minimum atomic E-state index is -4.22. The quantitative estimate of drug-likeness (QED) is 0.870. The van der Waals surface area contributed by atoms with Crippen molar-refractivity contribution < 1.29 is 22.7 Å². The van der Waals surface area contributed by atoms with Gasteiger partial charge in [0.1, 0.15) is 0 Å². The summed E-state index contributed by atoms with van der Waals surface area (Å²) in [4.78, 5) is 13.2. The van der Waals surface area contributed by atoms with Gasteiger partial charge in [0, 0.05) is 18.8 Å². The maximum absolute atomic E-state index is 12.5.